The Bertz CT molecular complexity index is 669. The second-order valence-electron chi connectivity index (χ2n) is 5.13. The van der Waals surface area contributed by atoms with Crippen LogP contribution in [0.4, 0.5) is 4.79 Å². The second-order valence-corrected chi connectivity index (χ2v) is 5.13. The largest absolute Gasteiger partial charge is 0.465 e. The lowest BCUT2D eigenvalue weighted by Gasteiger charge is -2.41. The van der Waals surface area contributed by atoms with Crippen molar-refractivity contribution in [3.8, 4) is 0 Å². The van der Waals surface area contributed by atoms with Gasteiger partial charge < -0.3 is 20.2 Å². The molecule has 1 aromatic carbocycles. The van der Waals surface area contributed by atoms with Crippen LogP contribution in [-0.2, 0) is 6.54 Å². The van der Waals surface area contributed by atoms with E-state index in [1.165, 1.54) is 4.90 Å². The van der Waals surface area contributed by atoms with Crippen LogP contribution in [0.2, 0.25) is 0 Å². The quantitative estimate of drug-likeness (QED) is 0.774. The summed E-state index contributed by atoms with van der Waals surface area (Å²) in [5.74, 6) is 0. The molecule has 1 unspecified atom stereocenters. The van der Waals surface area contributed by atoms with E-state index >= 15 is 0 Å². The summed E-state index contributed by atoms with van der Waals surface area (Å²) in [6, 6.07) is 6.91. The first-order valence-corrected chi connectivity index (χ1v) is 6.87. The molecule has 2 atom stereocenters. The molecule has 0 saturated carbocycles. The Labute approximate surface area is 121 Å². The topological polar surface area (TPSA) is 98.8 Å². The van der Waals surface area contributed by atoms with Crippen LogP contribution in [0.25, 0.3) is 10.9 Å². The van der Waals surface area contributed by atoms with Gasteiger partial charge in [-0.25, -0.2) is 4.79 Å². The molecular formula is C14H17N3O4. The van der Waals surface area contributed by atoms with Crippen molar-refractivity contribution in [1.29, 1.82) is 0 Å². The predicted octanol–water partition coefficient (Wildman–Crippen LogP) is 0.814. The van der Waals surface area contributed by atoms with E-state index in [1.807, 2.05) is 24.3 Å². The molecule has 3 rings (SSSR count). The van der Waals surface area contributed by atoms with Crippen molar-refractivity contribution in [1.82, 2.24) is 14.7 Å². The van der Waals surface area contributed by atoms with Gasteiger partial charge in [0.05, 0.1) is 30.4 Å². The zero-order valence-corrected chi connectivity index (χ0v) is 11.4. The van der Waals surface area contributed by atoms with Gasteiger partial charge in [0.15, 0.2) is 0 Å². The number of carbonyl (C=O) groups is 1. The lowest BCUT2D eigenvalue weighted by atomic mass is 9.94. The van der Waals surface area contributed by atoms with Gasteiger partial charge in [0.1, 0.15) is 6.10 Å². The zero-order valence-electron chi connectivity index (χ0n) is 11.4. The van der Waals surface area contributed by atoms with Gasteiger partial charge in [-0.3, -0.25) is 4.68 Å². The Morgan fingerprint density at radius 2 is 2.19 bits per heavy atom. The minimum atomic E-state index is -1.03. The van der Waals surface area contributed by atoms with Crippen LogP contribution in [0.1, 0.15) is 18.2 Å². The first kappa shape index (κ1) is 13.8. The first-order chi connectivity index (χ1) is 10.1. The molecule has 112 valence electrons. The van der Waals surface area contributed by atoms with Crippen LogP contribution in [0.15, 0.2) is 24.3 Å². The molecule has 7 nitrogen and oxygen atoms in total. The highest BCUT2D eigenvalue weighted by molar-refractivity contribution is 5.82. The Kier molecular flexibility index (Phi) is 3.52. The zero-order chi connectivity index (χ0) is 15.0. The molecule has 0 bridgehead atoms. The molecule has 1 aliphatic heterocycles. The summed E-state index contributed by atoms with van der Waals surface area (Å²) in [6.07, 6.45) is -1.36. The highest BCUT2D eigenvalue weighted by atomic mass is 16.4. The van der Waals surface area contributed by atoms with Gasteiger partial charge in [-0.05, 0) is 12.5 Å². The molecule has 0 aliphatic carbocycles. The van der Waals surface area contributed by atoms with Gasteiger partial charge >= 0.3 is 6.09 Å². The standard InChI is InChI=1S/C14H17N3O4/c18-8-7-17-12(9-3-1-2-4-10(9)15-17)13(19)11-5-6-16(11)14(20)21/h1-4,11,13,18-19H,5-8H2,(H,20,21)/t11-,13?/m0/s1. The van der Waals surface area contributed by atoms with Crippen LogP contribution in [0.3, 0.4) is 0 Å². The minimum Gasteiger partial charge on any atom is -0.465 e. The first-order valence-electron chi connectivity index (χ1n) is 6.87. The number of nitrogens with zero attached hydrogens (tertiary/aromatic N) is 3. The maximum Gasteiger partial charge on any atom is 0.407 e. The van der Waals surface area contributed by atoms with Crippen molar-refractivity contribution in [3.63, 3.8) is 0 Å². The molecule has 1 fully saturated rings. The fraction of sp³-hybridized carbons (Fsp3) is 0.429. The number of aliphatic hydroxyl groups is 2. The van der Waals surface area contributed by atoms with Crippen LogP contribution in [-0.4, -0.2) is 55.3 Å². The van der Waals surface area contributed by atoms with E-state index in [9.17, 15) is 9.90 Å². The fourth-order valence-corrected chi connectivity index (χ4v) is 2.83. The molecule has 1 aliphatic rings. The highest BCUT2D eigenvalue weighted by Crippen LogP contribution is 2.34. The van der Waals surface area contributed by atoms with E-state index in [4.69, 9.17) is 10.2 Å². The summed E-state index contributed by atoms with van der Waals surface area (Å²) in [5.41, 5.74) is 1.29. The number of hydrogen-bond donors (Lipinski definition) is 3. The highest BCUT2D eigenvalue weighted by Gasteiger charge is 2.40. The van der Waals surface area contributed by atoms with Gasteiger partial charge in [0.2, 0.25) is 0 Å². The van der Waals surface area contributed by atoms with E-state index < -0.39 is 18.2 Å². The monoisotopic (exact) mass is 291 g/mol. The van der Waals surface area contributed by atoms with Gasteiger partial charge in [-0.1, -0.05) is 18.2 Å². The number of fused-ring (bicyclic) bond motifs is 1. The second kappa shape index (κ2) is 5.34. The van der Waals surface area contributed by atoms with Crippen LogP contribution in [0.5, 0.6) is 0 Å². The van der Waals surface area contributed by atoms with Crippen molar-refractivity contribution < 1.29 is 20.1 Å². The lowest BCUT2D eigenvalue weighted by molar-refractivity contribution is -0.00874. The van der Waals surface area contributed by atoms with Gasteiger partial charge in [-0.2, -0.15) is 5.10 Å². The molecule has 1 aromatic heterocycles. The van der Waals surface area contributed by atoms with Crippen molar-refractivity contribution in [2.75, 3.05) is 13.2 Å². The number of carboxylic acid groups (broad SMARTS) is 1. The molecule has 2 aromatic rings. The average Bonchev–Trinajstić information content (AvgIpc) is 2.74. The number of likely N-dealkylation sites (tertiary alicyclic amines) is 1. The molecule has 1 saturated heterocycles. The Morgan fingerprint density at radius 3 is 2.81 bits per heavy atom. The molecular weight excluding hydrogens is 274 g/mol. The Morgan fingerprint density at radius 1 is 1.43 bits per heavy atom. The number of benzene rings is 1. The van der Waals surface area contributed by atoms with E-state index in [0.717, 1.165) is 10.9 Å². The molecule has 0 spiro atoms. The number of hydrogen-bond acceptors (Lipinski definition) is 4. The number of rotatable bonds is 4. The van der Waals surface area contributed by atoms with Crippen molar-refractivity contribution in [2.24, 2.45) is 0 Å². The smallest absolute Gasteiger partial charge is 0.407 e. The third-order valence-electron chi connectivity index (χ3n) is 3.95. The van der Waals surface area contributed by atoms with E-state index in [-0.39, 0.29) is 13.2 Å². The summed E-state index contributed by atoms with van der Waals surface area (Å²) in [4.78, 5) is 12.3. The number of amides is 1. The Hall–Kier alpha value is -2.12. The third-order valence-corrected chi connectivity index (χ3v) is 3.95. The van der Waals surface area contributed by atoms with E-state index in [0.29, 0.717) is 18.7 Å². The van der Waals surface area contributed by atoms with Crippen LogP contribution < -0.4 is 0 Å². The van der Waals surface area contributed by atoms with Crippen molar-refractivity contribution >= 4 is 17.0 Å². The SMILES string of the molecule is O=C(O)N1CC[C@H]1C(O)c1c2ccccc2nn1CCO. The summed E-state index contributed by atoms with van der Waals surface area (Å²) in [5, 5.41) is 34.0. The van der Waals surface area contributed by atoms with Crippen LogP contribution in [0, 0.1) is 0 Å². The molecule has 21 heavy (non-hydrogen) atoms. The van der Waals surface area contributed by atoms with Gasteiger partial charge in [0, 0.05) is 11.9 Å². The van der Waals surface area contributed by atoms with E-state index in [2.05, 4.69) is 5.10 Å². The molecule has 1 amide bonds. The third kappa shape index (κ3) is 2.24. The predicted molar refractivity (Wildman–Crippen MR) is 74.9 cm³/mol. The molecule has 3 N–H and O–H groups in total. The lowest BCUT2D eigenvalue weighted by Crippen LogP contribution is -2.53. The summed E-state index contributed by atoms with van der Waals surface area (Å²) < 4.78 is 1.56. The minimum absolute atomic E-state index is 0.0962. The van der Waals surface area contributed by atoms with E-state index in [1.54, 1.807) is 4.68 Å². The summed E-state index contributed by atoms with van der Waals surface area (Å²) in [6.45, 7) is 0.602. The maximum absolute atomic E-state index is 11.1. The van der Waals surface area contributed by atoms with Gasteiger partial charge in [-0.15, -0.1) is 0 Å². The average molecular weight is 291 g/mol. The van der Waals surface area contributed by atoms with Crippen molar-refractivity contribution in [2.45, 2.75) is 25.1 Å². The Balaban J connectivity index is 2.01. The maximum atomic E-state index is 11.1. The van der Waals surface area contributed by atoms with Crippen molar-refractivity contribution in [3.05, 3.63) is 30.0 Å². The summed E-state index contributed by atoms with van der Waals surface area (Å²) in [7, 11) is 0. The fourth-order valence-electron chi connectivity index (χ4n) is 2.83. The van der Waals surface area contributed by atoms with Gasteiger partial charge in [0.25, 0.3) is 0 Å². The number of aliphatic hydroxyl groups excluding tert-OH is 2. The molecule has 7 heteroatoms. The molecule has 2 heterocycles. The molecule has 0 radical (unpaired) electrons. The number of aromatic nitrogens is 2. The van der Waals surface area contributed by atoms with Crippen LogP contribution >= 0.6 is 0 Å². The summed E-state index contributed by atoms with van der Waals surface area (Å²) >= 11 is 0. The normalized spacial score (nSPS) is 19.5.